The van der Waals surface area contributed by atoms with Crippen molar-refractivity contribution >= 4 is 45.8 Å². The summed E-state index contributed by atoms with van der Waals surface area (Å²) >= 11 is 0. The number of carbonyl (C=O) groups is 1. The summed E-state index contributed by atoms with van der Waals surface area (Å²) in [5.74, 6) is -0.00628. The van der Waals surface area contributed by atoms with E-state index in [0.29, 0.717) is 6.42 Å². The summed E-state index contributed by atoms with van der Waals surface area (Å²) in [5.41, 5.74) is 6.20. The molecule has 0 saturated heterocycles. The molecular weight excluding hydrogens is 448 g/mol. The Hall–Kier alpha value is -4.29. The van der Waals surface area contributed by atoms with Gasteiger partial charge in [0.2, 0.25) is 5.91 Å². The monoisotopic (exact) mass is 478 g/mol. The molecule has 6 nitrogen and oxygen atoms in total. The van der Waals surface area contributed by atoms with Crippen molar-refractivity contribution in [3.8, 4) is 0 Å². The van der Waals surface area contributed by atoms with Crippen molar-refractivity contribution in [3.05, 3.63) is 103 Å². The number of aliphatic imine (C=N–C) groups is 2. The van der Waals surface area contributed by atoms with E-state index in [1.165, 1.54) is 0 Å². The molecule has 182 valence electrons. The Bertz CT molecular complexity index is 1240. The molecule has 0 spiro atoms. The Morgan fingerprint density at radius 3 is 1.75 bits per heavy atom. The van der Waals surface area contributed by atoms with Crippen molar-refractivity contribution < 1.29 is 9.90 Å². The molecule has 0 unspecified atom stereocenters. The second kappa shape index (κ2) is 13.0. The van der Waals surface area contributed by atoms with E-state index >= 15 is 0 Å². The minimum Gasteiger partial charge on any atom is -0.396 e. The molecule has 0 bridgehead atoms. The van der Waals surface area contributed by atoms with Gasteiger partial charge in [-0.25, -0.2) is 9.98 Å². The van der Waals surface area contributed by atoms with Gasteiger partial charge in [-0.1, -0.05) is 24.6 Å². The fourth-order valence-electron chi connectivity index (χ4n) is 3.62. The minimum atomic E-state index is -0.00628. The lowest BCUT2D eigenvalue weighted by Crippen LogP contribution is -2.11. The zero-order valence-electron chi connectivity index (χ0n) is 20.1. The quantitative estimate of drug-likeness (QED) is 0.219. The highest BCUT2D eigenvalue weighted by Gasteiger charge is 2.04. The van der Waals surface area contributed by atoms with Gasteiger partial charge in [0.1, 0.15) is 0 Å². The fourth-order valence-corrected chi connectivity index (χ4v) is 3.62. The molecule has 3 N–H and O–H groups in total. The molecule has 36 heavy (non-hydrogen) atoms. The van der Waals surface area contributed by atoms with E-state index in [-0.39, 0.29) is 12.5 Å². The molecule has 3 aromatic rings. The second-order valence-electron chi connectivity index (χ2n) is 8.41. The molecule has 1 aliphatic rings. The zero-order chi connectivity index (χ0) is 25.0. The van der Waals surface area contributed by atoms with Gasteiger partial charge >= 0.3 is 0 Å². The first-order valence-electron chi connectivity index (χ1n) is 12.1. The highest BCUT2D eigenvalue weighted by molar-refractivity contribution is 6.19. The van der Waals surface area contributed by atoms with Crippen LogP contribution in [0.5, 0.6) is 0 Å². The summed E-state index contributed by atoms with van der Waals surface area (Å²) in [6.07, 6.45) is 10.7. The van der Waals surface area contributed by atoms with E-state index < -0.39 is 0 Å². The normalized spacial score (nSPS) is 12.4. The van der Waals surface area contributed by atoms with Crippen molar-refractivity contribution in [2.45, 2.75) is 25.7 Å². The first-order chi connectivity index (χ1) is 17.7. The Labute approximate surface area is 211 Å². The summed E-state index contributed by atoms with van der Waals surface area (Å²) < 4.78 is 0. The van der Waals surface area contributed by atoms with Crippen LogP contribution in [0.25, 0.3) is 0 Å². The largest absolute Gasteiger partial charge is 0.396 e. The van der Waals surface area contributed by atoms with Gasteiger partial charge in [-0.05, 0) is 97.8 Å². The lowest BCUT2D eigenvalue weighted by molar-refractivity contribution is -0.116. The maximum atomic E-state index is 12.0. The third kappa shape index (κ3) is 7.89. The number of rotatable bonds is 10. The molecule has 0 heterocycles. The van der Waals surface area contributed by atoms with Crippen molar-refractivity contribution in [1.29, 1.82) is 0 Å². The lowest BCUT2D eigenvalue weighted by atomic mass is 10.1. The number of nitrogens with zero attached hydrogens (tertiary/aromatic N) is 2. The van der Waals surface area contributed by atoms with E-state index in [2.05, 4.69) is 20.6 Å². The van der Waals surface area contributed by atoms with Crippen molar-refractivity contribution in [1.82, 2.24) is 0 Å². The number of amides is 1. The van der Waals surface area contributed by atoms with Gasteiger partial charge in [-0.3, -0.25) is 4.79 Å². The number of allylic oxidation sites excluding steroid dienone is 4. The third-order valence-electron chi connectivity index (χ3n) is 5.51. The van der Waals surface area contributed by atoms with Crippen molar-refractivity contribution in [2.24, 2.45) is 9.98 Å². The molecule has 4 rings (SSSR count). The fraction of sp³-hybridized carbons (Fsp3) is 0.167. The standard InChI is InChI=1S/C30H30N4O2/c35-22-6-2-5-9-30(36)34-29-20-18-28(19-21-29)33-27-16-14-26(15-17-27)32-25-12-10-24(11-13-25)31-23-7-3-1-4-8-23/h1,3-4,7-8,10-21,33,35H,2,5-6,9,22H2,(H,34,36). The predicted molar refractivity (Wildman–Crippen MR) is 149 cm³/mol. The van der Waals surface area contributed by atoms with Crippen LogP contribution in [-0.4, -0.2) is 29.0 Å². The number of anilines is 3. The number of carbonyl (C=O) groups excluding carboxylic acids is 1. The van der Waals surface area contributed by atoms with Gasteiger partial charge < -0.3 is 15.7 Å². The molecule has 0 saturated carbocycles. The van der Waals surface area contributed by atoms with Gasteiger partial charge in [-0.2, -0.15) is 0 Å². The third-order valence-corrected chi connectivity index (χ3v) is 5.51. The first-order valence-corrected chi connectivity index (χ1v) is 12.1. The lowest BCUT2D eigenvalue weighted by Gasteiger charge is -2.09. The van der Waals surface area contributed by atoms with Gasteiger partial charge in [0.05, 0.1) is 22.8 Å². The SMILES string of the molecule is O=C(CCCCCO)Nc1ccc(Nc2ccc(N=C3C=CC(=Nc4ccccc4)C=C3)cc2)cc1. The predicted octanol–water partition coefficient (Wildman–Crippen LogP) is 6.89. The van der Waals surface area contributed by atoms with Gasteiger partial charge in [-0.15, -0.1) is 0 Å². The first kappa shape index (κ1) is 24.8. The molecule has 0 aromatic heterocycles. The molecular formula is C30H30N4O2. The van der Waals surface area contributed by atoms with E-state index in [1.807, 2.05) is 103 Å². The van der Waals surface area contributed by atoms with E-state index in [4.69, 9.17) is 5.11 Å². The van der Waals surface area contributed by atoms with Gasteiger partial charge in [0.15, 0.2) is 0 Å². The topological polar surface area (TPSA) is 86.1 Å². The maximum Gasteiger partial charge on any atom is 0.224 e. The average molecular weight is 479 g/mol. The molecule has 6 heteroatoms. The van der Waals surface area contributed by atoms with Crippen LogP contribution in [0.3, 0.4) is 0 Å². The van der Waals surface area contributed by atoms with Crippen LogP contribution in [0.2, 0.25) is 0 Å². The van der Waals surface area contributed by atoms with Crippen LogP contribution in [0.4, 0.5) is 28.4 Å². The number of nitrogens with one attached hydrogen (secondary N) is 2. The van der Waals surface area contributed by atoms with E-state index in [1.54, 1.807) is 0 Å². The smallest absolute Gasteiger partial charge is 0.224 e. The van der Waals surface area contributed by atoms with Crippen LogP contribution in [0.15, 0.2) is 113 Å². The second-order valence-corrected chi connectivity index (χ2v) is 8.41. The van der Waals surface area contributed by atoms with Crippen LogP contribution in [0.1, 0.15) is 25.7 Å². The maximum absolute atomic E-state index is 12.0. The Morgan fingerprint density at radius 1 is 0.639 bits per heavy atom. The van der Waals surface area contributed by atoms with Crippen LogP contribution in [-0.2, 0) is 4.79 Å². The summed E-state index contributed by atoms with van der Waals surface area (Å²) in [4.78, 5) is 21.3. The van der Waals surface area contributed by atoms with Gasteiger partial charge in [0.25, 0.3) is 0 Å². The highest BCUT2D eigenvalue weighted by atomic mass is 16.2. The van der Waals surface area contributed by atoms with Crippen LogP contribution < -0.4 is 10.6 Å². The van der Waals surface area contributed by atoms with Gasteiger partial charge in [0, 0.05) is 30.1 Å². The summed E-state index contributed by atoms with van der Waals surface area (Å²) in [7, 11) is 0. The van der Waals surface area contributed by atoms with E-state index in [9.17, 15) is 4.79 Å². The molecule has 1 aliphatic carbocycles. The molecule has 0 aliphatic heterocycles. The number of aliphatic hydroxyl groups excluding tert-OH is 1. The summed E-state index contributed by atoms with van der Waals surface area (Å²) in [6.45, 7) is 0.174. The number of hydrogen-bond acceptors (Lipinski definition) is 5. The van der Waals surface area contributed by atoms with Crippen LogP contribution >= 0.6 is 0 Å². The molecule has 0 fully saturated rings. The highest BCUT2D eigenvalue weighted by Crippen LogP contribution is 2.23. The average Bonchev–Trinajstić information content (AvgIpc) is 2.91. The zero-order valence-corrected chi connectivity index (χ0v) is 20.1. The van der Waals surface area contributed by atoms with Crippen LogP contribution in [0, 0.1) is 0 Å². The minimum absolute atomic E-state index is 0.00628. The van der Waals surface area contributed by atoms with Crippen molar-refractivity contribution in [3.63, 3.8) is 0 Å². The Morgan fingerprint density at radius 2 is 1.17 bits per heavy atom. The number of benzene rings is 3. The Kier molecular flexibility index (Phi) is 8.95. The summed E-state index contributed by atoms with van der Waals surface area (Å²) in [5, 5.41) is 15.1. The molecule has 3 aromatic carbocycles. The van der Waals surface area contributed by atoms with Crippen molar-refractivity contribution in [2.75, 3.05) is 17.2 Å². The summed E-state index contributed by atoms with van der Waals surface area (Å²) in [6, 6.07) is 25.4. The molecule has 0 atom stereocenters. The number of para-hydroxylation sites is 1. The van der Waals surface area contributed by atoms with E-state index in [0.717, 1.165) is 59.1 Å². The number of unbranched alkanes of at least 4 members (excludes halogenated alkanes) is 2. The Balaban J connectivity index is 1.28. The number of hydrogen-bond donors (Lipinski definition) is 3. The number of aliphatic hydroxyl groups is 1. The molecule has 1 amide bonds. The molecule has 0 radical (unpaired) electrons.